The Morgan fingerprint density at radius 2 is 1.76 bits per heavy atom. The lowest BCUT2D eigenvalue weighted by Crippen LogP contribution is -2.50. The van der Waals surface area contributed by atoms with E-state index in [0.717, 1.165) is 22.0 Å². The molecular formula is C26H34BrFN2O3. The van der Waals surface area contributed by atoms with Gasteiger partial charge in [-0.2, -0.15) is 0 Å². The maximum atomic E-state index is 13.3. The molecule has 0 heterocycles. The molecule has 0 unspecified atom stereocenters. The van der Waals surface area contributed by atoms with Gasteiger partial charge in [-0.1, -0.05) is 45.9 Å². The van der Waals surface area contributed by atoms with Crippen LogP contribution in [0.25, 0.3) is 0 Å². The number of hydrogen-bond donors (Lipinski definition) is 1. The first-order valence-electron chi connectivity index (χ1n) is 11.2. The van der Waals surface area contributed by atoms with Crippen LogP contribution in [-0.4, -0.2) is 35.4 Å². The van der Waals surface area contributed by atoms with Crippen LogP contribution in [0.3, 0.4) is 0 Å². The summed E-state index contributed by atoms with van der Waals surface area (Å²) in [6, 6.07) is 11.0. The molecule has 0 aliphatic rings. The predicted molar refractivity (Wildman–Crippen MR) is 133 cm³/mol. The van der Waals surface area contributed by atoms with Gasteiger partial charge in [-0.3, -0.25) is 9.59 Å². The predicted octanol–water partition coefficient (Wildman–Crippen LogP) is 5.60. The highest BCUT2D eigenvalue weighted by atomic mass is 79.9. The summed E-state index contributed by atoms with van der Waals surface area (Å²) in [5.41, 5.74) is 1.85. The molecule has 0 radical (unpaired) electrons. The largest absolute Gasteiger partial charge is 0.483 e. The van der Waals surface area contributed by atoms with Crippen LogP contribution in [-0.2, 0) is 21.5 Å². The van der Waals surface area contributed by atoms with E-state index in [-0.39, 0.29) is 42.2 Å². The van der Waals surface area contributed by atoms with Crippen LogP contribution in [0.5, 0.6) is 5.75 Å². The van der Waals surface area contributed by atoms with E-state index < -0.39 is 6.04 Å². The average Bonchev–Trinajstić information content (AvgIpc) is 2.76. The van der Waals surface area contributed by atoms with E-state index in [0.29, 0.717) is 5.75 Å². The number of rotatable bonds is 9. The van der Waals surface area contributed by atoms with Crippen molar-refractivity contribution in [2.45, 2.75) is 72.0 Å². The number of benzene rings is 2. The molecule has 0 saturated heterocycles. The minimum atomic E-state index is -0.716. The Kier molecular flexibility index (Phi) is 9.46. The fraction of sp³-hybridized carbons (Fsp3) is 0.462. The standard InChI is InChI=1S/C26H34BrFN2O3/c1-7-17(2)29-25(32)18(3)30(15-19-8-11-21(28)12-9-19)24(31)16-33-23-13-10-20(14-22(23)27)26(4,5)6/h8-14,17-18H,7,15-16H2,1-6H3,(H,29,32)/t17-,18+/m1/s1. The SMILES string of the molecule is CC[C@@H](C)NC(=O)[C@H](C)N(Cc1ccc(F)cc1)C(=O)COc1ccc(C(C)(C)C)cc1Br. The van der Waals surface area contributed by atoms with E-state index in [1.165, 1.54) is 17.0 Å². The van der Waals surface area contributed by atoms with Crippen LogP contribution < -0.4 is 10.1 Å². The van der Waals surface area contributed by atoms with E-state index >= 15 is 0 Å². The number of amides is 2. The maximum Gasteiger partial charge on any atom is 0.261 e. The van der Waals surface area contributed by atoms with Gasteiger partial charge in [0.25, 0.3) is 5.91 Å². The van der Waals surface area contributed by atoms with Gasteiger partial charge in [-0.05, 0) is 77.0 Å². The van der Waals surface area contributed by atoms with Crippen molar-refractivity contribution in [3.63, 3.8) is 0 Å². The fourth-order valence-electron chi connectivity index (χ4n) is 3.14. The summed E-state index contributed by atoms with van der Waals surface area (Å²) < 4.78 is 19.9. The van der Waals surface area contributed by atoms with E-state index in [4.69, 9.17) is 4.74 Å². The Morgan fingerprint density at radius 3 is 2.30 bits per heavy atom. The van der Waals surface area contributed by atoms with E-state index in [9.17, 15) is 14.0 Å². The first-order valence-corrected chi connectivity index (χ1v) is 12.0. The van der Waals surface area contributed by atoms with Crippen LogP contribution in [0, 0.1) is 5.82 Å². The van der Waals surface area contributed by atoms with Crippen molar-refractivity contribution in [3.8, 4) is 5.75 Å². The van der Waals surface area contributed by atoms with Gasteiger partial charge in [0, 0.05) is 12.6 Å². The molecule has 180 valence electrons. The highest BCUT2D eigenvalue weighted by Gasteiger charge is 2.27. The lowest BCUT2D eigenvalue weighted by molar-refractivity contribution is -0.142. The normalized spacial score (nSPS) is 13.2. The summed E-state index contributed by atoms with van der Waals surface area (Å²) in [6.45, 7) is 11.9. The monoisotopic (exact) mass is 520 g/mol. The lowest BCUT2D eigenvalue weighted by Gasteiger charge is -2.29. The van der Waals surface area contributed by atoms with Crippen molar-refractivity contribution in [2.75, 3.05) is 6.61 Å². The Labute approximate surface area is 204 Å². The zero-order valence-electron chi connectivity index (χ0n) is 20.2. The first kappa shape index (κ1) is 26.8. The molecular weight excluding hydrogens is 487 g/mol. The molecule has 2 rings (SSSR count). The molecule has 0 bridgehead atoms. The molecule has 5 nitrogen and oxygen atoms in total. The van der Waals surface area contributed by atoms with E-state index in [2.05, 4.69) is 42.0 Å². The Bertz CT molecular complexity index is 957. The Balaban J connectivity index is 2.18. The molecule has 0 aliphatic heterocycles. The summed E-state index contributed by atoms with van der Waals surface area (Å²) in [5.74, 6) is -0.380. The number of nitrogens with zero attached hydrogens (tertiary/aromatic N) is 1. The third kappa shape index (κ3) is 7.84. The van der Waals surface area contributed by atoms with Crippen molar-refractivity contribution in [1.82, 2.24) is 10.2 Å². The van der Waals surface area contributed by atoms with Gasteiger partial charge in [0.15, 0.2) is 6.61 Å². The summed E-state index contributed by atoms with van der Waals surface area (Å²) in [4.78, 5) is 27.4. The summed E-state index contributed by atoms with van der Waals surface area (Å²) in [7, 11) is 0. The second-order valence-corrected chi connectivity index (χ2v) is 10.2. The highest BCUT2D eigenvalue weighted by molar-refractivity contribution is 9.10. The second kappa shape index (κ2) is 11.6. The molecule has 2 atom stereocenters. The van der Waals surface area contributed by atoms with E-state index in [1.807, 2.05) is 32.0 Å². The maximum absolute atomic E-state index is 13.3. The van der Waals surface area contributed by atoms with Gasteiger partial charge in [-0.25, -0.2) is 4.39 Å². The third-order valence-corrected chi connectivity index (χ3v) is 6.20. The van der Waals surface area contributed by atoms with Crippen molar-refractivity contribution < 1.29 is 18.7 Å². The Morgan fingerprint density at radius 1 is 1.12 bits per heavy atom. The van der Waals surface area contributed by atoms with E-state index in [1.54, 1.807) is 19.1 Å². The number of halogens is 2. The quantitative estimate of drug-likeness (QED) is 0.468. The van der Waals surface area contributed by atoms with Gasteiger partial charge < -0.3 is 15.0 Å². The lowest BCUT2D eigenvalue weighted by atomic mass is 9.87. The molecule has 2 aromatic carbocycles. The molecule has 1 N–H and O–H groups in total. The Hall–Kier alpha value is -2.41. The number of ether oxygens (including phenoxy) is 1. The summed E-state index contributed by atoms with van der Waals surface area (Å²) in [5, 5.41) is 2.92. The van der Waals surface area contributed by atoms with Gasteiger partial charge in [0.05, 0.1) is 4.47 Å². The first-order chi connectivity index (χ1) is 15.4. The van der Waals surface area contributed by atoms with Crippen molar-refractivity contribution in [2.24, 2.45) is 0 Å². The van der Waals surface area contributed by atoms with Crippen LogP contribution in [0.4, 0.5) is 4.39 Å². The summed E-state index contributed by atoms with van der Waals surface area (Å²) >= 11 is 3.52. The number of carbonyl (C=O) groups excluding carboxylic acids is 2. The van der Waals surface area contributed by atoms with Crippen LogP contribution in [0.15, 0.2) is 46.9 Å². The molecule has 0 aromatic heterocycles. The molecule has 0 saturated carbocycles. The molecule has 33 heavy (non-hydrogen) atoms. The van der Waals surface area contributed by atoms with Gasteiger partial charge >= 0.3 is 0 Å². The van der Waals surface area contributed by atoms with Crippen molar-refractivity contribution >= 4 is 27.7 Å². The minimum absolute atomic E-state index is 0.00346. The minimum Gasteiger partial charge on any atom is -0.483 e. The molecule has 0 fully saturated rings. The topological polar surface area (TPSA) is 58.6 Å². The van der Waals surface area contributed by atoms with Crippen LogP contribution in [0.2, 0.25) is 0 Å². The highest BCUT2D eigenvalue weighted by Crippen LogP contribution is 2.31. The molecule has 0 spiro atoms. The fourth-order valence-corrected chi connectivity index (χ4v) is 3.63. The molecule has 2 amide bonds. The van der Waals surface area contributed by atoms with Gasteiger partial charge in [0.2, 0.25) is 5.91 Å². The molecule has 2 aromatic rings. The van der Waals surface area contributed by atoms with Crippen LogP contribution >= 0.6 is 15.9 Å². The molecule has 0 aliphatic carbocycles. The third-order valence-electron chi connectivity index (χ3n) is 5.58. The molecule has 7 heteroatoms. The van der Waals surface area contributed by atoms with Crippen molar-refractivity contribution in [1.29, 1.82) is 0 Å². The number of carbonyl (C=O) groups is 2. The van der Waals surface area contributed by atoms with Crippen molar-refractivity contribution in [3.05, 3.63) is 63.9 Å². The smallest absolute Gasteiger partial charge is 0.261 e. The van der Waals surface area contributed by atoms with Gasteiger partial charge in [-0.15, -0.1) is 0 Å². The second-order valence-electron chi connectivity index (χ2n) is 9.33. The number of hydrogen-bond acceptors (Lipinski definition) is 3. The zero-order valence-corrected chi connectivity index (χ0v) is 21.8. The number of nitrogens with one attached hydrogen (secondary N) is 1. The zero-order chi connectivity index (χ0) is 24.8. The average molecular weight is 521 g/mol. The van der Waals surface area contributed by atoms with Crippen LogP contribution in [0.1, 0.15) is 59.1 Å². The summed E-state index contributed by atoms with van der Waals surface area (Å²) in [6.07, 6.45) is 0.784. The van der Waals surface area contributed by atoms with Gasteiger partial charge in [0.1, 0.15) is 17.6 Å².